The van der Waals surface area contributed by atoms with Crippen molar-refractivity contribution in [3.63, 3.8) is 0 Å². The molecule has 0 spiro atoms. The van der Waals surface area contributed by atoms with E-state index >= 15 is 0 Å². The SMILES string of the molecule is COc1nnc2sc3c(N)nccc3c2c1C. The van der Waals surface area contributed by atoms with Crippen molar-refractivity contribution < 1.29 is 4.74 Å². The number of methoxy groups -OCH3 is 1. The van der Waals surface area contributed by atoms with Gasteiger partial charge in [-0.05, 0) is 13.0 Å². The van der Waals surface area contributed by atoms with E-state index in [-0.39, 0.29) is 0 Å². The summed E-state index contributed by atoms with van der Waals surface area (Å²) < 4.78 is 6.14. The van der Waals surface area contributed by atoms with Gasteiger partial charge in [-0.2, -0.15) is 0 Å². The first-order chi connectivity index (χ1) is 8.22. The standard InChI is InChI=1S/C11H10N4OS/c1-5-7-6-3-4-13-9(12)8(6)17-11(7)15-14-10(5)16-2/h3-4H,1-2H3,(H2,12,13). The highest BCUT2D eigenvalue weighted by Crippen LogP contribution is 2.38. The Balaban J connectivity index is 2.54. The Morgan fingerprint density at radius 1 is 1.35 bits per heavy atom. The molecule has 17 heavy (non-hydrogen) atoms. The van der Waals surface area contributed by atoms with Crippen molar-refractivity contribution in [3.05, 3.63) is 17.8 Å². The van der Waals surface area contributed by atoms with Crippen molar-refractivity contribution in [1.82, 2.24) is 15.2 Å². The number of nitrogen functional groups attached to an aromatic ring is 1. The van der Waals surface area contributed by atoms with E-state index in [2.05, 4.69) is 15.2 Å². The van der Waals surface area contributed by atoms with Crippen LogP contribution in [0.1, 0.15) is 5.56 Å². The molecule has 3 heterocycles. The molecule has 0 fully saturated rings. The minimum atomic E-state index is 0.531. The molecule has 3 rings (SSSR count). The fourth-order valence-electron chi connectivity index (χ4n) is 1.93. The van der Waals surface area contributed by atoms with Crippen molar-refractivity contribution in [2.75, 3.05) is 12.8 Å². The van der Waals surface area contributed by atoms with Crippen LogP contribution < -0.4 is 10.5 Å². The predicted molar refractivity (Wildman–Crippen MR) is 68.4 cm³/mol. The first-order valence-electron chi connectivity index (χ1n) is 5.06. The van der Waals surface area contributed by atoms with E-state index in [9.17, 15) is 0 Å². The number of ether oxygens (including phenoxy) is 1. The van der Waals surface area contributed by atoms with E-state index in [4.69, 9.17) is 10.5 Å². The summed E-state index contributed by atoms with van der Waals surface area (Å²) >= 11 is 1.50. The van der Waals surface area contributed by atoms with Crippen LogP contribution in [-0.4, -0.2) is 22.3 Å². The number of hydrogen-bond acceptors (Lipinski definition) is 6. The van der Waals surface area contributed by atoms with Crippen molar-refractivity contribution in [2.24, 2.45) is 0 Å². The van der Waals surface area contributed by atoms with Gasteiger partial charge in [-0.25, -0.2) is 4.98 Å². The summed E-state index contributed by atoms with van der Waals surface area (Å²) in [5.74, 6) is 1.08. The van der Waals surface area contributed by atoms with Crippen LogP contribution >= 0.6 is 11.3 Å². The zero-order valence-electron chi connectivity index (χ0n) is 9.39. The number of aryl methyl sites for hydroxylation is 1. The van der Waals surface area contributed by atoms with Gasteiger partial charge in [0.05, 0.1) is 11.8 Å². The molecule has 0 aromatic carbocycles. The normalized spacial score (nSPS) is 11.2. The van der Waals surface area contributed by atoms with Gasteiger partial charge < -0.3 is 10.5 Å². The van der Waals surface area contributed by atoms with Crippen molar-refractivity contribution in [3.8, 4) is 5.88 Å². The molecule has 0 atom stereocenters. The van der Waals surface area contributed by atoms with E-state index in [0.29, 0.717) is 11.7 Å². The van der Waals surface area contributed by atoms with Gasteiger partial charge in [-0.3, -0.25) is 0 Å². The molecular formula is C11H10N4OS. The fraction of sp³-hybridized carbons (Fsp3) is 0.182. The predicted octanol–water partition coefficient (Wildman–Crippen LogP) is 2.14. The molecule has 86 valence electrons. The Hall–Kier alpha value is -1.95. The van der Waals surface area contributed by atoms with Gasteiger partial charge in [-0.1, -0.05) is 0 Å². The number of pyridine rings is 1. The van der Waals surface area contributed by atoms with Crippen LogP contribution in [0, 0.1) is 6.92 Å². The van der Waals surface area contributed by atoms with E-state index in [0.717, 1.165) is 25.9 Å². The molecule has 2 N–H and O–H groups in total. The van der Waals surface area contributed by atoms with Gasteiger partial charge >= 0.3 is 0 Å². The molecule has 6 heteroatoms. The molecule has 0 amide bonds. The minimum Gasteiger partial charge on any atom is -0.480 e. The highest BCUT2D eigenvalue weighted by Gasteiger charge is 2.14. The van der Waals surface area contributed by atoms with Gasteiger partial charge in [0.15, 0.2) is 0 Å². The number of thiophene rings is 1. The first-order valence-corrected chi connectivity index (χ1v) is 5.88. The Morgan fingerprint density at radius 3 is 2.94 bits per heavy atom. The van der Waals surface area contributed by atoms with E-state index in [1.54, 1.807) is 13.3 Å². The van der Waals surface area contributed by atoms with Crippen molar-refractivity contribution in [1.29, 1.82) is 0 Å². The second kappa shape index (κ2) is 3.53. The van der Waals surface area contributed by atoms with Crippen molar-refractivity contribution >= 4 is 37.5 Å². The Labute approximate surface area is 101 Å². The summed E-state index contributed by atoms with van der Waals surface area (Å²) in [4.78, 5) is 4.94. The zero-order chi connectivity index (χ0) is 12.0. The van der Waals surface area contributed by atoms with E-state index in [1.165, 1.54) is 11.3 Å². The van der Waals surface area contributed by atoms with Gasteiger partial charge in [0.25, 0.3) is 0 Å². The Bertz CT molecular complexity index is 722. The summed E-state index contributed by atoms with van der Waals surface area (Å²) in [6.07, 6.45) is 1.70. The summed E-state index contributed by atoms with van der Waals surface area (Å²) in [5, 5.41) is 10.3. The second-order valence-corrected chi connectivity index (χ2v) is 4.69. The quantitative estimate of drug-likeness (QED) is 0.712. The number of hydrogen-bond donors (Lipinski definition) is 1. The largest absolute Gasteiger partial charge is 0.480 e. The number of anilines is 1. The lowest BCUT2D eigenvalue weighted by Crippen LogP contribution is -1.93. The van der Waals surface area contributed by atoms with Gasteiger partial charge in [-0.15, -0.1) is 21.5 Å². The summed E-state index contributed by atoms with van der Waals surface area (Å²) in [6.45, 7) is 1.97. The Morgan fingerprint density at radius 2 is 2.18 bits per heavy atom. The first kappa shape index (κ1) is 10.2. The lowest BCUT2D eigenvalue weighted by molar-refractivity contribution is 0.390. The van der Waals surface area contributed by atoms with Gasteiger partial charge in [0, 0.05) is 22.5 Å². The molecule has 0 unspecified atom stereocenters. The van der Waals surface area contributed by atoms with Crippen molar-refractivity contribution in [2.45, 2.75) is 6.92 Å². The molecule has 3 aromatic heterocycles. The molecule has 5 nitrogen and oxygen atoms in total. The van der Waals surface area contributed by atoms with Gasteiger partial charge in [0.2, 0.25) is 5.88 Å². The second-order valence-electron chi connectivity index (χ2n) is 3.69. The summed E-state index contributed by atoms with van der Waals surface area (Å²) in [7, 11) is 1.59. The third kappa shape index (κ3) is 1.34. The average molecular weight is 246 g/mol. The molecule has 0 saturated carbocycles. The Kier molecular flexibility index (Phi) is 2.12. The fourth-order valence-corrected chi connectivity index (χ4v) is 3.01. The lowest BCUT2D eigenvalue weighted by atomic mass is 10.1. The highest BCUT2D eigenvalue weighted by molar-refractivity contribution is 7.26. The van der Waals surface area contributed by atoms with Crippen LogP contribution in [0.4, 0.5) is 5.82 Å². The maximum absolute atomic E-state index is 5.86. The molecular weight excluding hydrogens is 236 g/mol. The van der Waals surface area contributed by atoms with E-state index in [1.807, 2.05) is 13.0 Å². The smallest absolute Gasteiger partial charge is 0.236 e. The monoisotopic (exact) mass is 246 g/mol. The number of aromatic nitrogens is 3. The number of rotatable bonds is 1. The molecule has 0 bridgehead atoms. The maximum Gasteiger partial charge on any atom is 0.236 e. The van der Waals surface area contributed by atoms with Crippen LogP contribution in [0.15, 0.2) is 12.3 Å². The topological polar surface area (TPSA) is 73.9 Å². The number of fused-ring (bicyclic) bond motifs is 3. The van der Waals surface area contributed by atoms with Crippen LogP contribution in [0.25, 0.3) is 20.3 Å². The number of nitrogens with two attached hydrogens (primary N) is 1. The van der Waals surface area contributed by atoms with Crippen LogP contribution in [0.5, 0.6) is 5.88 Å². The third-order valence-corrected chi connectivity index (χ3v) is 3.85. The lowest BCUT2D eigenvalue weighted by Gasteiger charge is -2.02. The number of nitrogens with zero attached hydrogens (tertiary/aromatic N) is 3. The van der Waals surface area contributed by atoms with Crippen LogP contribution in [0.2, 0.25) is 0 Å². The van der Waals surface area contributed by atoms with Crippen LogP contribution in [-0.2, 0) is 0 Å². The average Bonchev–Trinajstić information content (AvgIpc) is 2.70. The summed E-state index contributed by atoms with van der Waals surface area (Å²) in [5.41, 5.74) is 6.84. The van der Waals surface area contributed by atoms with E-state index < -0.39 is 0 Å². The zero-order valence-corrected chi connectivity index (χ0v) is 10.2. The molecule has 0 aliphatic heterocycles. The third-order valence-electron chi connectivity index (χ3n) is 2.73. The molecule has 0 saturated heterocycles. The van der Waals surface area contributed by atoms with Crippen LogP contribution in [0.3, 0.4) is 0 Å². The maximum atomic E-state index is 5.86. The van der Waals surface area contributed by atoms with Gasteiger partial charge in [0.1, 0.15) is 10.6 Å². The molecule has 0 radical (unpaired) electrons. The minimum absolute atomic E-state index is 0.531. The molecule has 0 aliphatic carbocycles. The highest BCUT2D eigenvalue weighted by atomic mass is 32.1. The molecule has 3 aromatic rings. The molecule has 0 aliphatic rings. The summed E-state index contributed by atoms with van der Waals surface area (Å²) in [6, 6.07) is 1.94.